The molecular formula is C11H11N3O. The predicted octanol–water partition coefficient (Wildman–Crippen LogP) is 1.24. The summed E-state index contributed by atoms with van der Waals surface area (Å²) in [5, 5.41) is 4.14. The molecule has 0 saturated carbocycles. The molecule has 4 nitrogen and oxygen atoms in total. The van der Waals surface area contributed by atoms with Crippen LogP contribution in [0.25, 0.3) is 0 Å². The maximum Gasteiger partial charge on any atom is 0.187 e. The second-order valence-electron chi connectivity index (χ2n) is 3.30. The van der Waals surface area contributed by atoms with Crippen LogP contribution in [0.1, 0.15) is 16.2 Å². The van der Waals surface area contributed by atoms with Crippen LogP contribution in [0.4, 0.5) is 0 Å². The minimum Gasteiger partial charge on any atom is -0.292 e. The topological polar surface area (TPSA) is 47.8 Å². The summed E-state index contributed by atoms with van der Waals surface area (Å²) in [6.45, 7) is 0. The number of hydrogen-bond donors (Lipinski definition) is 0. The molecule has 0 fully saturated rings. The molecule has 15 heavy (non-hydrogen) atoms. The van der Waals surface area contributed by atoms with Gasteiger partial charge in [-0.05, 0) is 18.2 Å². The summed E-state index contributed by atoms with van der Waals surface area (Å²) in [5.41, 5.74) is 1.26. The fourth-order valence-corrected chi connectivity index (χ4v) is 1.34. The zero-order valence-corrected chi connectivity index (χ0v) is 8.42. The Kier molecular flexibility index (Phi) is 2.58. The van der Waals surface area contributed by atoms with E-state index in [4.69, 9.17) is 0 Å². The first-order chi connectivity index (χ1) is 7.25. The van der Waals surface area contributed by atoms with E-state index in [9.17, 15) is 4.79 Å². The molecule has 4 heteroatoms. The standard InChI is InChI=1S/C11H11N3O/c1-14-7-5-9(13-14)8-11(15)10-4-2-3-6-12-10/h2-7H,8H2,1H3. The molecule has 0 unspecified atom stereocenters. The van der Waals surface area contributed by atoms with Crippen LogP contribution >= 0.6 is 0 Å². The number of nitrogens with zero attached hydrogens (tertiary/aromatic N) is 3. The van der Waals surface area contributed by atoms with E-state index in [1.807, 2.05) is 19.3 Å². The van der Waals surface area contributed by atoms with Gasteiger partial charge in [0.1, 0.15) is 5.69 Å². The molecule has 0 saturated heterocycles. The summed E-state index contributed by atoms with van der Waals surface area (Å²) >= 11 is 0. The SMILES string of the molecule is Cn1ccc(CC(=O)c2ccccn2)n1. The molecule has 2 aromatic heterocycles. The molecule has 0 radical (unpaired) electrons. The number of Topliss-reactive ketones (excluding diaryl/α,β-unsaturated/α-hetero) is 1. The van der Waals surface area contributed by atoms with E-state index in [0.29, 0.717) is 12.1 Å². The average molecular weight is 201 g/mol. The third-order valence-electron chi connectivity index (χ3n) is 2.06. The van der Waals surface area contributed by atoms with Crippen molar-refractivity contribution >= 4 is 5.78 Å². The van der Waals surface area contributed by atoms with Gasteiger partial charge in [0.05, 0.1) is 12.1 Å². The lowest BCUT2D eigenvalue weighted by Crippen LogP contribution is -2.06. The fraction of sp³-hybridized carbons (Fsp3) is 0.182. The Morgan fingerprint density at radius 3 is 2.87 bits per heavy atom. The van der Waals surface area contributed by atoms with Crippen molar-refractivity contribution in [2.75, 3.05) is 0 Å². The Balaban J connectivity index is 2.11. The van der Waals surface area contributed by atoms with Crippen LogP contribution in [-0.4, -0.2) is 20.5 Å². The van der Waals surface area contributed by atoms with Crippen LogP contribution in [0.5, 0.6) is 0 Å². The van der Waals surface area contributed by atoms with Gasteiger partial charge in [0.2, 0.25) is 0 Å². The van der Waals surface area contributed by atoms with Gasteiger partial charge in [-0.25, -0.2) is 0 Å². The number of hydrogen-bond acceptors (Lipinski definition) is 3. The predicted molar refractivity (Wildman–Crippen MR) is 55.5 cm³/mol. The molecule has 2 aromatic rings. The van der Waals surface area contributed by atoms with Gasteiger partial charge in [-0.2, -0.15) is 5.10 Å². The molecular weight excluding hydrogens is 190 g/mol. The quantitative estimate of drug-likeness (QED) is 0.702. The number of aromatic nitrogens is 3. The minimum absolute atomic E-state index is 0.00528. The number of carbonyl (C=O) groups excluding carboxylic acids is 1. The Morgan fingerprint density at radius 2 is 2.27 bits per heavy atom. The summed E-state index contributed by atoms with van der Waals surface area (Å²) in [6, 6.07) is 7.14. The van der Waals surface area contributed by atoms with Crippen molar-refractivity contribution in [3.63, 3.8) is 0 Å². The lowest BCUT2D eigenvalue weighted by atomic mass is 10.1. The van der Waals surface area contributed by atoms with Crippen molar-refractivity contribution in [2.24, 2.45) is 7.05 Å². The first kappa shape index (κ1) is 9.58. The second kappa shape index (κ2) is 4.04. The van der Waals surface area contributed by atoms with Crippen molar-refractivity contribution in [3.05, 3.63) is 48.0 Å². The van der Waals surface area contributed by atoms with Gasteiger partial charge in [0.25, 0.3) is 0 Å². The van der Waals surface area contributed by atoms with Gasteiger partial charge in [-0.15, -0.1) is 0 Å². The highest BCUT2D eigenvalue weighted by atomic mass is 16.1. The summed E-state index contributed by atoms with van der Waals surface area (Å²) in [4.78, 5) is 15.7. The molecule has 0 aliphatic carbocycles. The highest BCUT2D eigenvalue weighted by molar-refractivity contribution is 5.95. The van der Waals surface area contributed by atoms with Gasteiger partial charge in [-0.3, -0.25) is 14.5 Å². The van der Waals surface area contributed by atoms with Crippen LogP contribution in [0.15, 0.2) is 36.7 Å². The molecule has 0 N–H and O–H groups in total. The number of aryl methyl sites for hydroxylation is 1. The van der Waals surface area contributed by atoms with E-state index in [2.05, 4.69) is 10.1 Å². The molecule has 2 heterocycles. The van der Waals surface area contributed by atoms with Crippen molar-refractivity contribution in [3.8, 4) is 0 Å². The van der Waals surface area contributed by atoms with Crippen LogP contribution in [0, 0.1) is 0 Å². The van der Waals surface area contributed by atoms with E-state index in [-0.39, 0.29) is 5.78 Å². The lowest BCUT2D eigenvalue weighted by Gasteiger charge is -1.96. The Labute approximate surface area is 87.6 Å². The third kappa shape index (κ3) is 2.28. The zero-order valence-electron chi connectivity index (χ0n) is 8.42. The van der Waals surface area contributed by atoms with Gasteiger partial charge >= 0.3 is 0 Å². The summed E-state index contributed by atoms with van der Waals surface area (Å²) in [7, 11) is 1.83. The van der Waals surface area contributed by atoms with Gasteiger partial charge in [-0.1, -0.05) is 6.07 Å². The number of ketones is 1. The minimum atomic E-state index is -0.00528. The van der Waals surface area contributed by atoms with E-state index in [1.165, 1.54) is 0 Å². The zero-order chi connectivity index (χ0) is 10.7. The van der Waals surface area contributed by atoms with Crippen molar-refractivity contribution in [2.45, 2.75) is 6.42 Å². The molecule has 0 aromatic carbocycles. The maximum atomic E-state index is 11.7. The Bertz CT molecular complexity index is 462. The molecule has 0 aliphatic heterocycles. The average Bonchev–Trinajstić information content (AvgIpc) is 2.65. The summed E-state index contributed by atoms with van der Waals surface area (Å²) in [6.07, 6.45) is 3.74. The van der Waals surface area contributed by atoms with Crippen LogP contribution < -0.4 is 0 Å². The largest absolute Gasteiger partial charge is 0.292 e. The maximum absolute atomic E-state index is 11.7. The van der Waals surface area contributed by atoms with Crippen LogP contribution in [0.2, 0.25) is 0 Å². The highest BCUT2D eigenvalue weighted by Crippen LogP contribution is 2.02. The van der Waals surface area contributed by atoms with Gasteiger partial charge in [0, 0.05) is 19.4 Å². The van der Waals surface area contributed by atoms with E-state index in [0.717, 1.165) is 5.69 Å². The van der Waals surface area contributed by atoms with E-state index < -0.39 is 0 Å². The lowest BCUT2D eigenvalue weighted by molar-refractivity contribution is 0.0987. The normalized spacial score (nSPS) is 10.2. The van der Waals surface area contributed by atoms with Crippen LogP contribution in [-0.2, 0) is 13.5 Å². The van der Waals surface area contributed by atoms with Crippen molar-refractivity contribution < 1.29 is 4.79 Å². The molecule has 0 spiro atoms. The highest BCUT2D eigenvalue weighted by Gasteiger charge is 2.09. The van der Waals surface area contributed by atoms with Gasteiger partial charge < -0.3 is 0 Å². The monoisotopic (exact) mass is 201 g/mol. The fourth-order valence-electron chi connectivity index (χ4n) is 1.34. The molecule has 0 atom stereocenters. The third-order valence-corrected chi connectivity index (χ3v) is 2.06. The number of pyridine rings is 1. The molecule has 76 valence electrons. The second-order valence-corrected chi connectivity index (χ2v) is 3.30. The van der Waals surface area contributed by atoms with E-state index in [1.54, 1.807) is 29.1 Å². The smallest absolute Gasteiger partial charge is 0.187 e. The van der Waals surface area contributed by atoms with Crippen molar-refractivity contribution in [1.82, 2.24) is 14.8 Å². The summed E-state index contributed by atoms with van der Waals surface area (Å²) in [5.74, 6) is -0.00528. The number of rotatable bonds is 3. The number of carbonyl (C=O) groups is 1. The Hall–Kier alpha value is -1.97. The van der Waals surface area contributed by atoms with Crippen molar-refractivity contribution in [1.29, 1.82) is 0 Å². The molecule has 2 rings (SSSR count). The first-order valence-corrected chi connectivity index (χ1v) is 4.68. The molecule has 0 aliphatic rings. The summed E-state index contributed by atoms with van der Waals surface area (Å²) < 4.78 is 1.68. The van der Waals surface area contributed by atoms with Crippen LogP contribution in [0.3, 0.4) is 0 Å². The Morgan fingerprint density at radius 1 is 1.40 bits per heavy atom. The van der Waals surface area contributed by atoms with E-state index >= 15 is 0 Å². The molecule has 0 bridgehead atoms. The van der Waals surface area contributed by atoms with Gasteiger partial charge in [0.15, 0.2) is 5.78 Å². The molecule has 0 amide bonds. The first-order valence-electron chi connectivity index (χ1n) is 4.68.